The minimum atomic E-state index is -0.881. The van der Waals surface area contributed by atoms with Crippen molar-refractivity contribution < 1.29 is 23.9 Å². The molecule has 2 aromatic rings. The monoisotopic (exact) mass is 286 g/mol. The van der Waals surface area contributed by atoms with Crippen LogP contribution >= 0.6 is 0 Å². The molecular weight excluding hydrogens is 275 g/mol. The number of ether oxygens (including phenoxy) is 2. The second-order valence-electron chi connectivity index (χ2n) is 4.36. The minimum Gasteiger partial charge on any atom is -0.464 e. The number of methoxy groups -OCH3 is 1. The highest BCUT2D eigenvalue weighted by atomic mass is 16.5. The molecule has 3 rings (SSSR count). The van der Waals surface area contributed by atoms with Crippen LogP contribution in [0.3, 0.4) is 0 Å². The van der Waals surface area contributed by atoms with E-state index in [1.165, 1.54) is 19.5 Å². The first-order valence-electron chi connectivity index (χ1n) is 6.18. The Bertz CT molecular complexity index is 677. The van der Waals surface area contributed by atoms with Crippen molar-refractivity contribution in [2.45, 2.75) is 6.61 Å². The summed E-state index contributed by atoms with van der Waals surface area (Å²) in [7, 11) is 0.392. The lowest BCUT2D eigenvalue weighted by atomic mass is 9.80. The fraction of sp³-hybridized carbons (Fsp3) is 0.154. The Morgan fingerprint density at radius 2 is 2.24 bits per heavy atom. The molecule has 0 unspecified atom stereocenters. The molecule has 8 heteroatoms. The Morgan fingerprint density at radius 3 is 2.95 bits per heavy atom. The fourth-order valence-corrected chi connectivity index (χ4v) is 1.97. The van der Waals surface area contributed by atoms with Gasteiger partial charge in [-0.25, -0.2) is 14.8 Å². The van der Waals surface area contributed by atoms with E-state index in [9.17, 15) is 9.82 Å². The summed E-state index contributed by atoms with van der Waals surface area (Å²) in [5.74, 6) is 0.242. The number of carbonyl (C=O) groups is 1. The van der Waals surface area contributed by atoms with E-state index >= 15 is 0 Å². The molecule has 1 aromatic carbocycles. The lowest BCUT2D eigenvalue weighted by Gasteiger charge is -2.06. The maximum absolute atomic E-state index is 11.2. The van der Waals surface area contributed by atoms with Crippen LogP contribution in [-0.2, 0) is 16.0 Å². The molecule has 0 aliphatic carbocycles. The molecule has 0 saturated carbocycles. The largest absolute Gasteiger partial charge is 0.491 e. The summed E-state index contributed by atoms with van der Waals surface area (Å²) in [5, 5.41) is 9.54. The molecule has 106 valence electrons. The van der Waals surface area contributed by atoms with Crippen LogP contribution in [0.25, 0.3) is 0 Å². The molecule has 2 heterocycles. The van der Waals surface area contributed by atoms with Gasteiger partial charge in [-0.3, -0.25) is 0 Å². The van der Waals surface area contributed by atoms with Gasteiger partial charge < -0.3 is 19.2 Å². The van der Waals surface area contributed by atoms with Crippen LogP contribution in [0, 0.1) is 0 Å². The molecule has 1 aromatic heterocycles. The van der Waals surface area contributed by atoms with Crippen molar-refractivity contribution in [3.05, 3.63) is 41.9 Å². The number of fused-ring (bicyclic) bond motifs is 1. The Balaban J connectivity index is 1.76. The first-order chi connectivity index (χ1) is 10.2. The first kappa shape index (κ1) is 13.5. The van der Waals surface area contributed by atoms with Crippen molar-refractivity contribution in [1.29, 1.82) is 0 Å². The highest BCUT2D eigenvalue weighted by Gasteiger charge is 2.27. The second-order valence-corrected chi connectivity index (χ2v) is 4.36. The molecule has 0 fully saturated rings. The highest BCUT2D eigenvalue weighted by molar-refractivity contribution is 6.61. The van der Waals surface area contributed by atoms with E-state index < -0.39 is 13.1 Å². The Labute approximate surface area is 120 Å². The summed E-state index contributed by atoms with van der Waals surface area (Å²) in [6.45, 7) is 0.334. The van der Waals surface area contributed by atoms with Gasteiger partial charge in [0.1, 0.15) is 5.75 Å². The SMILES string of the molecule is COC(=O)c1cnc(Oc2ccc3c(c2)COB3O)cn1. The van der Waals surface area contributed by atoms with Crippen LogP contribution in [0.2, 0.25) is 0 Å². The van der Waals surface area contributed by atoms with Crippen LogP contribution in [0.15, 0.2) is 30.6 Å². The predicted molar refractivity (Wildman–Crippen MR) is 72.3 cm³/mol. The molecule has 0 radical (unpaired) electrons. The Kier molecular flexibility index (Phi) is 3.55. The number of hydrogen-bond donors (Lipinski definition) is 1. The average molecular weight is 286 g/mol. The lowest BCUT2D eigenvalue weighted by molar-refractivity contribution is 0.0593. The van der Waals surface area contributed by atoms with E-state index in [0.717, 1.165) is 11.0 Å². The third kappa shape index (κ3) is 2.71. The van der Waals surface area contributed by atoms with E-state index in [4.69, 9.17) is 9.39 Å². The molecule has 1 aliphatic rings. The van der Waals surface area contributed by atoms with Gasteiger partial charge in [0.2, 0.25) is 5.88 Å². The van der Waals surface area contributed by atoms with Crippen molar-refractivity contribution in [2.24, 2.45) is 0 Å². The van der Waals surface area contributed by atoms with E-state index in [0.29, 0.717) is 12.4 Å². The van der Waals surface area contributed by atoms with Crippen molar-refractivity contribution >= 4 is 18.6 Å². The van der Waals surface area contributed by atoms with Crippen LogP contribution < -0.4 is 10.2 Å². The van der Waals surface area contributed by atoms with Gasteiger partial charge in [0, 0.05) is 0 Å². The average Bonchev–Trinajstić information content (AvgIpc) is 2.88. The Morgan fingerprint density at radius 1 is 1.38 bits per heavy atom. The zero-order chi connectivity index (χ0) is 14.8. The van der Waals surface area contributed by atoms with E-state index in [-0.39, 0.29) is 11.6 Å². The second kappa shape index (κ2) is 5.51. The van der Waals surface area contributed by atoms with Crippen molar-refractivity contribution in [1.82, 2.24) is 9.97 Å². The summed E-state index contributed by atoms with van der Waals surface area (Å²) in [6.07, 6.45) is 2.62. The van der Waals surface area contributed by atoms with E-state index in [2.05, 4.69) is 14.7 Å². The maximum Gasteiger partial charge on any atom is 0.491 e. The third-order valence-corrected chi connectivity index (χ3v) is 3.02. The predicted octanol–water partition coefficient (Wildman–Crippen LogP) is 0.273. The van der Waals surface area contributed by atoms with Gasteiger partial charge in [-0.05, 0) is 23.2 Å². The highest BCUT2D eigenvalue weighted by Crippen LogP contribution is 2.21. The number of rotatable bonds is 3. The van der Waals surface area contributed by atoms with Gasteiger partial charge >= 0.3 is 13.1 Å². The van der Waals surface area contributed by atoms with Crippen LogP contribution in [0.4, 0.5) is 0 Å². The summed E-state index contributed by atoms with van der Waals surface area (Å²) in [4.78, 5) is 19.1. The molecular formula is C13H11BN2O5. The molecule has 0 atom stereocenters. The third-order valence-electron chi connectivity index (χ3n) is 3.02. The van der Waals surface area contributed by atoms with Crippen LogP contribution in [0.1, 0.15) is 16.1 Å². The molecule has 0 bridgehead atoms. The molecule has 0 saturated heterocycles. The standard InChI is InChI=1S/C13H11BN2O5/c1-19-13(17)11-5-16-12(6-15-11)21-9-2-3-10-8(4-9)7-20-14(10)18/h2-6,18H,7H2,1H3. The number of carbonyl (C=O) groups excluding carboxylic acids is 1. The number of esters is 1. The number of nitrogens with zero attached hydrogens (tertiary/aromatic N) is 2. The van der Waals surface area contributed by atoms with Gasteiger partial charge in [0.15, 0.2) is 5.69 Å². The molecule has 1 N–H and O–H groups in total. The lowest BCUT2D eigenvalue weighted by Crippen LogP contribution is -2.27. The minimum absolute atomic E-state index is 0.107. The zero-order valence-electron chi connectivity index (χ0n) is 11.1. The van der Waals surface area contributed by atoms with Gasteiger partial charge in [0.25, 0.3) is 0 Å². The fourth-order valence-electron chi connectivity index (χ4n) is 1.97. The number of aromatic nitrogens is 2. The summed E-state index contributed by atoms with van der Waals surface area (Å²) < 4.78 is 15.2. The van der Waals surface area contributed by atoms with E-state index in [1.54, 1.807) is 18.2 Å². The van der Waals surface area contributed by atoms with E-state index in [1.807, 2.05) is 0 Å². The summed E-state index contributed by atoms with van der Waals surface area (Å²) in [5.41, 5.74) is 1.70. The molecule has 0 spiro atoms. The van der Waals surface area contributed by atoms with Gasteiger partial charge in [-0.1, -0.05) is 6.07 Å². The van der Waals surface area contributed by atoms with Crippen LogP contribution in [0.5, 0.6) is 11.6 Å². The molecule has 7 nitrogen and oxygen atoms in total. The normalized spacial score (nSPS) is 13.0. The number of benzene rings is 1. The van der Waals surface area contributed by atoms with Crippen LogP contribution in [-0.4, -0.2) is 35.2 Å². The summed E-state index contributed by atoms with van der Waals surface area (Å²) >= 11 is 0. The maximum atomic E-state index is 11.2. The zero-order valence-corrected chi connectivity index (χ0v) is 11.1. The topological polar surface area (TPSA) is 90.8 Å². The first-order valence-corrected chi connectivity index (χ1v) is 6.18. The van der Waals surface area contributed by atoms with Crippen molar-refractivity contribution in [3.8, 4) is 11.6 Å². The van der Waals surface area contributed by atoms with Gasteiger partial charge in [-0.15, -0.1) is 0 Å². The summed E-state index contributed by atoms with van der Waals surface area (Å²) in [6, 6.07) is 5.20. The number of hydrogen-bond acceptors (Lipinski definition) is 7. The van der Waals surface area contributed by atoms with Crippen molar-refractivity contribution in [2.75, 3.05) is 7.11 Å². The molecule has 21 heavy (non-hydrogen) atoms. The van der Waals surface area contributed by atoms with Crippen molar-refractivity contribution in [3.63, 3.8) is 0 Å². The van der Waals surface area contributed by atoms with Gasteiger partial charge in [-0.2, -0.15) is 0 Å². The van der Waals surface area contributed by atoms with Gasteiger partial charge in [0.05, 0.1) is 26.1 Å². The molecule has 1 aliphatic heterocycles. The smallest absolute Gasteiger partial charge is 0.464 e. The quantitative estimate of drug-likeness (QED) is 0.639. The Hall–Kier alpha value is -2.45. The molecule has 0 amide bonds.